The fraction of sp³-hybridized carbons (Fsp3) is 0.938. The topological polar surface area (TPSA) is 26.3 Å². The van der Waals surface area contributed by atoms with Crippen LogP contribution in [-0.4, -0.2) is 13.1 Å². The molecule has 102 valence electrons. The summed E-state index contributed by atoms with van der Waals surface area (Å²) >= 11 is 0. The van der Waals surface area contributed by atoms with E-state index in [1.165, 1.54) is 32.1 Å². The Morgan fingerprint density at radius 1 is 1.17 bits per heavy atom. The van der Waals surface area contributed by atoms with E-state index in [1.807, 2.05) is 0 Å². The highest BCUT2D eigenvalue weighted by atomic mass is 16.5. The number of carbonyl (C=O) groups excluding carboxylic acids is 1. The Kier molecular flexibility index (Phi) is 2.60. The van der Waals surface area contributed by atoms with Crippen LogP contribution in [0.3, 0.4) is 0 Å². The maximum Gasteiger partial charge on any atom is 0.309 e. The number of ether oxygens (including phenoxy) is 1. The summed E-state index contributed by atoms with van der Waals surface area (Å²) in [5.74, 6) is 2.32. The van der Waals surface area contributed by atoms with E-state index >= 15 is 0 Å². The lowest BCUT2D eigenvalue weighted by Gasteiger charge is -2.39. The van der Waals surface area contributed by atoms with Crippen LogP contribution in [0.25, 0.3) is 0 Å². The van der Waals surface area contributed by atoms with E-state index in [9.17, 15) is 4.79 Å². The lowest BCUT2D eigenvalue weighted by Crippen LogP contribution is -2.39. The molecule has 0 aromatic carbocycles. The molecule has 3 fully saturated rings. The van der Waals surface area contributed by atoms with Gasteiger partial charge in [-0.2, -0.15) is 0 Å². The third-order valence-electron chi connectivity index (χ3n) is 6.59. The zero-order chi connectivity index (χ0) is 13.1. The predicted octanol–water partition coefficient (Wildman–Crippen LogP) is 3.65. The molecule has 5 atom stereocenters. The van der Waals surface area contributed by atoms with Gasteiger partial charge in [0, 0.05) is 0 Å². The molecule has 0 radical (unpaired) electrons. The summed E-state index contributed by atoms with van der Waals surface area (Å²) in [7, 11) is 1.56. The van der Waals surface area contributed by atoms with Gasteiger partial charge in [0.05, 0.1) is 13.0 Å². The number of methoxy groups -OCH3 is 1. The molecule has 2 nitrogen and oxygen atoms in total. The van der Waals surface area contributed by atoms with Crippen molar-refractivity contribution in [3.8, 4) is 0 Å². The normalized spacial score (nSPS) is 48.9. The molecule has 3 rings (SSSR count). The lowest BCUT2D eigenvalue weighted by atomic mass is 9.65. The average Bonchev–Trinajstić information content (AvgIpc) is 2.79. The third-order valence-corrected chi connectivity index (χ3v) is 6.59. The molecule has 2 heteroatoms. The second-order valence-electron chi connectivity index (χ2n) is 7.72. The van der Waals surface area contributed by atoms with Gasteiger partial charge in [-0.15, -0.1) is 0 Å². The van der Waals surface area contributed by atoms with E-state index < -0.39 is 0 Å². The van der Waals surface area contributed by atoms with Gasteiger partial charge in [0.2, 0.25) is 0 Å². The molecule has 0 heterocycles. The van der Waals surface area contributed by atoms with Crippen LogP contribution in [0.4, 0.5) is 0 Å². The maximum absolute atomic E-state index is 12.3. The molecule has 0 aromatic heterocycles. The van der Waals surface area contributed by atoms with Crippen molar-refractivity contribution in [2.75, 3.05) is 7.11 Å². The largest absolute Gasteiger partial charge is 0.469 e. The van der Waals surface area contributed by atoms with E-state index in [-0.39, 0.29) is 17.3 Å². The second-order valence-corrected chi connectivity index (χ2v) is 7.72. The molecule has 3 aliphatic rings. The summed E-state index contributed by atoms with van der Waals surface area (Å²) in [4.78, 5) is 12.3. The monoisotopic (exact) mass is 250 g/mol. The molecule has 0 saturated heterocycles. The first-order valence-electron chi connectivity index (χ1n) is 7.49. The average molecular weight is 250 g/mol. The second kappa shape index (κ2) is 3.74. The summed E-state index contributed by atoms with van der Waals surface area (Å²) in [5, 5.41) is 0. The molecule has 0 N–H and O–H groups in total. The number of carbonyl (C=O) groups is 1. The molecule has 0 aromatic rings. The van der Waals surface area contributed by atoms with Gasteiger partial charge >= 0.3 is 5.97 Å². The fourth-order valence-electron chi connectivity index (χ4n) is 5.99. The van der Waals surface area contributed by atoms with E-state index in [0.29, 0.717) is 11.3 Å². The van der Waals surface area contributed by atoms with Crippen molar-refractivity contribution in [3.63, 3.8) is 0 Å². The number of hydrogen-bond acceptors (Lipinski definition) is 2. The van der Waals surface area contributed by atoms with Crippen LogP contribution in [-0.2, 0) is 9.53 Å². The van der Waals surface area contributed by atoms with Crippen molar-refractivity contribution < 1.29 is 9.53 Å². The van der Waals surface area contributed by atoms with Crippen molar-refractivity contribution in [2.45, 2.75) is 52.9 Å². The molecule has 3 saturated carbocycles. The van der Waals surface area contributed by atoms with Gasteiger partial charge in [-0.05, 0) is 54.3 Å². The maximum atomic E-state index is 12.3. The van der Waals surface area contributed by atoms with Crippen LogP contribution in [0.1, 0.15) is 52.9 Å². The lowest BCUT2D eigenvalue weighted by molar-refractivity contribution is -0.153. The molecule has 4 bridgehead atoms. The minimum absolute atomic E-state index is 0.0624. The highest BCUT2D eigenvalue weighted by molar-refractivity contribution is 5.74. The van der Waals surface area contributed by atoms with Crippen LogP contribution in [0.5, 0.6) is 0 Å². The summed E-state index contributed by atoms with van der Waals surface area (Å²) in [6, 6.07) is 0. The van der Waals surface area contributed by atoms with E-state index in [1.54, 1.807) is 7.11 Å². The van der Waals surface area contributed by atoms with Gasteiger partial charge < -0.3 is 4.74 Å². The van der Waals surface area contributed by atoms with E-state index in [4.69, 9.17) is 4.74 Å². The van der Waals surface area contributed by atoms with Crippen molar-refractivity contribution >= 4 is 5.97 Å². The highest BCUT2D eigenvalue weighted by Gasteiger charge is 2.67. The standard InChI is InChI=1S/C16H26O2/c1-15(2)8-5-9-16(3)11-7-6-10(12(11)15)13(16)14(17)18-4/h10-13H,5-9H2,1-4H3. The Bertz CT molecular complexity index is 373. The van der Waals surface area contributed by atoms with Crippen LogP contribution in [0, 0.1) is 34.5 Å². The van der Waals surface area contributed by atoms with Gasteiger partial charge in [-0.1, -0.05) is 27.2 Å². The minimum Gasteiger partial charge on any atom is -0.469 e. The van der Waals surface area contributed by atoms with Crippen LogP contribution >= 0.6 is 0 Å². The number of rotatable bonds is 1. The Hall–Kier alpha value is -0.530. The first-order chi connectivity index (χ1) is 8.42. The highest BCUT2D eigenvalue weighted by Crippen LogP contribution is 2.70. The van der Waals surface area contributed by atoms with E-state index in [0.717, 1.165) is 11.8 Å². The number of hydrogen-bond donors (Lipinski definition) is 0. The van der Waals surface area contributed by atoms with Crippen molar-refractivity contribution in [1.82, 2.24) is 0 Å². The van der Waals surface area contributed by atoms with Crippen LogP contribution in [0.2, 0.25) is 0 Å². The first-order valence-corrected chi connectivity index (χ1v) is 7.49. The Balaban J connectivity index is 2.05. The van der Waals surface area contributed by atoms with Crippen LogP contribution < -0.4 is 0 Å². The summed E-state index contributed by atoms with van der Waals surface area (Å²) in [6.07, 6.45) is 6.40. The van der Waals surface area contributed by atoms with Crippen LogP contribution in [0.15, 0.2) is 0 Å². The SMILES string of the molecule is COC(=O)C1C2CCC3C2C(C)(C)CCCC31C. The van der Waals surface area contributed by atoms with Crippen molar-refractivity contribution in [2.24, 2.45) is 34.5 Å². The van der Waals surface area contributed by atoms with Gasteiger partial charge in [-0.3, -0.25) is 4.79 Å². The quantitative estimate of drug-likeness (QED) is 0.664. The Morgan fingerprint density at radius 2 is 1.89 bits per heavy atom. The Labute approximate surface area is 110 Å². The molecule has 3 aliphatic carbocycles. The van der Waals surface area contributed by atoms with E-state index in [2.05, 4.69) is 20.8 Å². The zero-order valence-corrected chi connectivity index (χ0v) is 12.2. The summed E-state index contributed by atoms with van der Waals surface area (Å²) in [6.45, 7) is 7.22. The van der Waals surface area contributed by atoms with Crippen molar-refractivity contribution in [1.29, 1.82) is 0 Å². The molecule has 5 unspecified atom stereocenters. The molecule has 0 amide bonds. The van der Waals surface area contributed by atoms with Crippen molar-refractivity contribution in [3.05, 3.63) is 0 Å². The van der Waals surface area contributed by atoms with Gasteiger partial charge in [0.1, 0.15) is 0 Å². The molecular formula is C16H26O2. The summed E-state index contributed by atoms with van der Waals surface area (Å²) < 4.78 is 5.13. The number of esters is 1. The molecule has 0 spiro atoms. The molecular weight excluding hydrogens is 224 g/mol. The fourth-order valence-corrected chi connectivity index (χ4v) is 5.99. The molecule has 18 heavy (non-hydrogen) atoms. The first kappa shape index (κ1) is 12.5. The van der Waals surface area contributed by atoms with Gasteiger partial charge in [-0.25, -0.2) is 0 Å². The molecule has 0 aliphatic heterocycles. The predicted molar refractivity (Wildman–Crippen MR) is 70.9 cm³/mol. The zero-order valence-electron chi connectivity index (χ0n) is 12.2. The third kappa shape index (κ3) is 1.38. The Morgan fingerprint density at radius 3 is 2.56 bits per heavy atom. The minimum atomic E-state index is 0.0624. The van der Waals surface area contributed by atoms with Gasteiger partial charge in [0.25, 0.3) is 0 Å². The van der Waals surface area contributed by atoms with Gasteiger partial charge in [0.15, 0.2) is 0 Å². The smallest absolute Gasteiger partial charge is 0.309 e. The summed E-state index contributed by atoms with van der Waals surface area (Å²) in [5.41, 5.74) is 0.626.